The molecule has 4 aromatic rings. The van der Waals surface area contributed by atoms with Gasteiger partial charge in [-0.25, -0.2) is 0 Å². The van der Waals surface area contributed by atoms with Crippen LogP contribution in [0.3, 0.4) is 0 Å². The van der Waals surface area contributed by atoms with Gasteiger partial charge in [0.25, 0.3) is 0 Å². The van der Waals surface area contributed by atoms with Gasteiger partial charge < -0.3 is 11.1 Å². The summed E-state index contributed by atoms with van der Waals surface area (Å²) < 4.78 is 2.12. The van der Waals surface area contributed by atoms with Gasteiger partial charge in [-0.1, -0.05) is 30.3 Å². The molecule has 2 aromatic carbocycles. The molecule has 0 saturated heterocycles. The lowest BCUT2D eigenvalue weighted by molar-refractivity contribution is 1.02. The Labute approximate surface area is 140 Å². The number of fused-ring (bicyclic) bond motifs is 3. The molecular formula is C19H19N5. The lowest BCUT2D eigenvalue weighted by Crippen LogP contribution is -2.13. The molecule has 120 valence electrons. The Morgan fingerprint density at radius 1 is 1.04 bits per heavy atom. The Kier molecular flexibility index (Phi) is 3.63. The van der Waals surface area contributed by atoms with Gasteiger partial charge in [-0.05, 0) is 36.8 Å². The number of para-hydroxylation sites is 2. The van der Waals surface area contributed by atoms with Crippen LogP contribution in [0.1, 0.15) is 5.56 Å². The molecule has 0 radical (unpaired) electrons. The van der Waals surface area contributed by atoms with Gasteiger partial charge in [0.15, 0.2) is 11.5 Å². The Morgan fingerprint density at radius 2 is 1.83 bits per heavy atom. The molecule has 2 aromatic heterocycles. The van der Waals surface area contributed by atoms with Crippen LogP contribution in [0.15, 0.2) is 54.6 Å². The second kappa shape index (κ2) is 5.94. The van der Waals surface area contributed by atoms with E-state index in [1.54, 1.807) is 0 Å². The molecule has 0 aliphatic carbocycles. The van der Waals surface area contributed by atoms with Gasteiger partial charge >= 0.3 is 0 Å². The van der Waals surface area contributed by atoms with Crippen LogP contribution in [-0.4, -0.2) is 27.7 Å². The molecule has 3 N–H and O–H groups in total. The highest BCUT2D eigenvalue weighted by Gasteiger charge is 2.14. The molecular weight excluding hydrogens is 298 g/mol. The maximum Gasteiger partial charge on any atom is 0.170 e. The minimum atomic E-state index is 0.580. The molecule has 0 bridgehead atoms. The standard InChI is InChI=1S/C19H19N5/c1-13-12-18-22-23-19(24(18)17-9-5-3-6-14(13)17)15-7-2-4-8-16(15)21-11-10-20/h2-9,12,21H,10-11,20H2,1H3. The van der Waals surface area contributed by atoms with Crippen LogP contribution in [-0.2, 0) is 0 Å². The van der Waals surface area contributed by atoms with Gasteiger partial charge in [0.1, 0.15) is 0 Å². The predicted molar refractivity (Wildman–Crippen MR) is 98.2 cm³/mol. The molecule has 4 rings (SSSR count). The number of hydrogen-bond acceptors (Lipinski definition) is 4. The number of nitrogens with zero attached hydrogens (tertiary/aromatic N) is 3. The van der Waals surface area contributed by atoms with E-state index in [0.717, 1.165) is 28.2 Å². The summed E-state index contributed by atoms with van der Waals surface area (Å²) in [5.41, 5.74) is 10.8. The Hall–Kier alpha value is -2.92. The Morgan fingerprint density at radius 3 is 2.71 bits per heavy atom. The zero-order chi connectivity index (χ0) is 16.5. The van der Waals surface area contributed by atoms with E-state index in [1.807, 2.05) is 24.3 Å². The first kappa shape index (κ1) is 14.7. The van der Waals surface area contributed by atoms with E-state index in [4.69, 9.17) is 5.73 Å². The number of benzene rings is 2. The molecule has 0 aliphatic heterocycles. The number of hydrogen-bond donors (Lipinski definition) is 2. The fourth-order valence-corrected chi connectivity index (χ4v) is 3.11. The van der Waals surface area contributed by atoms with Crippen LogP contribution >= 0.6 is 0 Å². The summed E-state index contributed by atoms with van der Waals surface area (Å²) in [7, 11) is 0. The fourth-order valence-electron chi connectivity index (χ4n) is 3.11. The number of nitrogens with one attached hydrogen (secondary N) is 1. The summed E-state index contributed by atoms with van der Waals surface area (Å²) in [5, 5.41) is 13.4. The van der Waals surface area contributed by atoms with Crippen molar-refractivity contribution in [2.45, 2.75) is 6.92 Å². The first-order chi connectivity index (χ1) is 11.8. The molecule has 0 saturated carbocycles. The zero-order valence-corrected chi connectivity index (χ0v) is 13.5. The highest BCUT2D eigenvalue weighted by atomic mass is 15.2. The lowest BCUT2D eigenvalue weighted by atomic mass is 10.1. The molecule has 0 spiro atoms. The van der Waals surface area contributed by atoms with Crippen molar-refractivity contribution in [2.24, 2.45) is 5.73 Å². The predicted octanol–water partition coefficient (Wildman–Crippen LogP) is 3.23. The van der Waals surface area contributed by atoms with E-state index in [1.165, 1.54) is 10.9 Å². The molecule has 0 amide bonds. The van der Waals surface area contributed by atoms with Crippen molar-refractivity contribution in [3.05, 3.63) is 60.2 Å². The first-order valence-corrected chi connectivity index (χ1v) is 8.06. The van der Waals surface area contributed by atoms with Gasteiger partial charge in [0, 0.05) is 29.7 Å². The summed E-state index contributed by atoms with van der Waals surface area (Å²) in [6, 6.07) is 18.5. The highest BCUT2D eigenvalue weighted by Crippen LogP contribution is 2.30. The number of aryl methyl sites for hydroxylation is 1. The maximum absolute atomic E-state index is 5.63. The van der Waals surface area contributed by atoms with Crippen LogP contribution < -0.4 is 11.1 Å². The average molecular weight is 317 g/mol. The van der Waals surface area contributed by atoms with E-state index < -0.39 is 0 Å². The van der Waals surface area contributed by atoms with Crippen molar-refractivity contribution in [3.63, 3.8) is 0 Å². The SMILES string of the molecule is Cc1cc2nnc(-c3ccccc3NCCN)n2c2ccccc12. The maximum atomic E-state index is 5.63. The van der Waals surface area contributed by atoms with E-state index >= 15 is 0 Å². The fraction of sp³-hybridized carbons (Fsp3) is 0.158. The van der Waals surface area contributed by atoms with Crippen molar-refractivity contribution in [1.82, 2.24) is 14.6 Å². The normalized spacial score (nSPS) is 11.2. The molecule has 24 heavy (non-hydrogen) atoms. The average Bonchev–Trinajstić information content (AvgIpc) is 3.04. The zero-order valence-electron chi connectivity index (χ0n) is 13.5. The number of pyridine rings is 1. The van der Waals surface area contributed by atoms with Gasteiger partial charge in [-0.3, -0.25) is 4.40 Å². The first-order valence-electron chi connectivity index (χ1n) is 8.06. The van der Waals surface area contributed by atoms with Crippen molar-refractivity contribution in [1.29, 1.82) is 0 Å². The van der Waals surface area contributed by atoms with Crippen molar-refractivity contribution >= 4 is 22.2 Å². The smallest absolute Gasteiger partial charge is 0.170 e. The third kappa shape index (κ3) is 2.30. The van der Waals surface area contributed by atoms with E-state index in [2.05, 4.69) is 57.2 Å². The quantitative estimate of drug-likeness (QED) is 0.606. The van der Waals surface area contributed by atoms with Crippen LogP contribution in [0.2, 0.25) is 0 Å². The minimum Gasteiger partial charge on any atom is -0.383 e. The Balaban J connectivity index is 2.01. The van der Waals surface area contributed by atoms with Crippen molar-refractivity contribution in [2.75, 3.05) is 18.4 Å². The van der Waals surface area contributed by atoms with E-state index in [9.17, 15) is 0 Å². The second-order valence-electron chi connectivity index (χ2n) is 5.82. The van der Waals surface area contributed by atoms with Gasteiger partial charge in [-0.15, -0.1) is 10.2 Å². The van der Waals surface area contributed by atoms with Crippen LogP contribution in [0.4, 0.5) is 5.69 Å². The molecule has 0 atom stereocenters. The molecule has 0 unspecified atom stereocenters. The number of rotatable bonds is 4. The minimum absolute atomic E-state index is 0.580. The number of aromatic nitrogens is 3. The topological polar surface area (TPSA) is 68.2 Å². The summed E-state index contributed by atoms with van der Waals surface area (Å²) in [6.45, 7) is 3.40. The van der Waals surface area contributed by atoms with Crippen LogP contribution in [0, 0.1) is 6.92 Å². The summed E-state index contributed by atoms with van der Waals surface area (Å²) in [6.07, 6.45) is 0. The largest absolute Gasteiger partial charge is 0.383 e. The van der Waals surface area contributed by atoms with Gasteiger partial charge in [0.2, 0.25) is 0 Å². The van der Waals surface area contributed by atoms with Gasteiger partial charge in [0.05, 0.1) is 5.52 Å². The van der Waals surface area contributed by atoms with Crippen molar-refractivity contribution < 1.29 is 0 Å². The molecule has 0 fully saturated rings. The third-order valence-electron chi connectivity index (χ3n) is 4.23. The second-order valence-corrected chi connectivity index (χ2v) is 5.82. The summed E-state index contributed by atoms with van der Waals surface area (Å²) in [4.78, 5) is 0. The van der Waals surface area contributed by atoms with E-state index in [0.29, 0.717) is 13.1 Å². The number of nitrogens with two attached hydrogens (primary N) is 1. The third-order valence-corrected chi connectivity index (χ3v) is 4.23. The highest BCUT2D eigenvalue weighted by molar-refractivity contribution is 5.88. The molecule has 5 nitrogen and oxygen atoms in total. The molecule has 5 heteroatoms. The monoisotopic (exact) mass is 317 g/mol. The van der Waals surface area contributed by atoms with Crippen molar-refractivity contribution in [3.8, 4) is 11.4 Å². The lowest BCUT2D eigenvalue weighted by Gasteiger charge is -2.12. The molecule has 0 aliphatic rings. The summed E-state index contributed by atoms with van der Waals surface area (Å²) >= 11 is 0. The van der Waals surface area contributed by atoms with E-state index in [-0.39, 0.29) is 0 Å². The number of anilines is 1. The Bertz CT molecular complexity index is 1020. The van der Waals surface area contributed by atoms with Gasteiger partial charge in [-0.2, -0.15) is 0 Å². The summed E-state index contributed by atoms with van der Waals surface area (Å²) in [5.74, 6) is 0.835. The van der Waals surface area contributed by atoms with Crippen LogP contribution in [0.25, 0.3) is 27.9 Å². The molecule has 2 heterocycles. The van der Waals surface area contributed by atoms with Crippen LogP contribution in [0.5, 0.6) is 0 Å².